The molecule has 1 amide bonds. The monoisotopic (exact) mass is 269 g/mol. The summed E-state index contributed by atoms with van der Waals surface area (Å²) in [4.78, 5) is 12.3. The van der Waals surface area contributed by atoms with Crippen molar-refractivity contribution in [1.29, 1.82) is 0 Å². The van der Waals surface area contributed by atoms with E-state index in [9.17, 15) is 4.79 Å². The van der Waals surface area contributed by atoms with E-state index in [0.717, 1.165) is 10.1 Å². The summed E-state index contributed by atoms with van der Waals surface area (Å²) in [5.41, 5.74) is 11.8. The van der Waals surface area contributed by atoms with Gasteiger partial charge in [0.2, 0.25) is 0 Å². The Morgan fingerprint density at radius 1 is 1.47 bits per heavy atom. The zero-order valence-corrected chi connectivity index (χ0v) is 10.6. The highest BCUT2D eigenvalue weighted by molar-refractivity contribution is 7.21. The predicted octanol–water partition coefficient (Wildman–Crippen LogP) is 1.83. The van der Waals surface area contributed by atoms with Crippen LogP contribution in [0.1, 0.15) is 9.67 Å². The van der Waals surface area contributed by atoms with Crippen molar-refractivity contribution in [2.75, 3.05) is 18.8 Å². The van der Waals surface area contributed by atoms with Crippen LogP contribution in [0.5, 0.6) is 0 Å². The summed E-state index contributed by atoms with van der Waals surface area (Å²) >= 11 is 7.23. The molecule has 90 valence electrons. The molecule has 0 saturated carbocycles. The molecule has 2 rings (SSSR count). The maximum Gasteiger partial charge on any atom is 0.263 e. The van der Waals surface area contributed by atoms with E-state index in [1.165, 1.54) is 11.3 Å². The standard InChI is InChI=1S/C11H12ClN3OS/c12-6-1-2-7-8(5-6)17-10(9(7)14)11(16)15-4-3-13/h1-2,5H,3-4,13-14H2,(H,15,16). The van der Waals surface area contributed by atoms with Crippen LogP contribution >= 0.6 is 22.9 Å². The third kappa shape index (κ3) is 2.36. The van der Waals surface area contributed by atoms with Crippen LogP contribution in [-0.4, -0.2) is 19.0 Å². The molecule has 2 aromatic rings. The molecule has 17 heavy (non-hydrogen) atoms. The first-order chi connectivity index (χ1) is 8.13. The summed E-state index contributed by atoms with van der Waals surface area (Å²) in [7, 11) is 0. The molecule has 0 bridgehead atoms. The van der Waals surface area contributed by atoms with E-state index in [1.54, 1.807) is 12.1 Å². The molecule has 1 aromatic carbocycles. The summed E-state index contributed by atoms with van der Waals surface area (Å²) in [6, 6.07) is 5.38. The third-order valence-electron chi connectivity index (χ3n) is 2.33. The third-order valence-corrected chi connectivity index (χ3v) is 3.73. The van der Waals surface area contributed by atoms with Gasteiger partial charge in [-0.2, -0.15) is 0 Å². The van der Waals surface area contributed by atoms with Gasteiger partial charge in [0.05, 0.1) is 5.69 Å². The number of carbonyl (C=O) groups is 1. The fourth-order valence-electron chi connectivity index (χ4n) is 1.53. The number of hydrogen-bond acceptors (Lipinski definition) is 4. The van der Waals surface area contributed by atoms with E-state index in [0.29, 0.717) is 28.7 Å². The number of amides is 1. The highest BCUT2D eigenvalue weighted by Gasteiger charge is 2.15. The molecule has 0 saturated heterocycles. The van der Waals surface area contributed by atoms with Crippen molar-refractivity contribution >= 4 is 44.6 Å². The van der Waals surface area contributed by atoms with Crippen LogP contribution in [0.4, 0.5) is 5.69 Å². The molecule has 4 nitrogen and oxygen atoms in total. The van der Waals surface area contributed by atoms with Crippen LogP contribution < -0.4 is 16.8 Å². The first-order valence-electron chi connectivity index (χ1n) is 5.09. The Morgan fingerprint density at radius 2 is 2.24 bits per heavy atom. The lowest BCUT2D eigenvalue weighted by Crippen LogP contribution is -2.28. The maximum absolute atomic E-state index is 11.8. The van der Waals surface area contributed by atoms with Gasteiger partial charge in [0.15, 0.2) is 0 Å². The lowest BCUT2D eigenvalue weighted by Gasteiger charge is -2.01. The lowest BCUT2D eigenvalue weighted by atomic mass is 10.2. The number of thiophene rings is 1. The molecule has 1 heterocycles. The first-order valence-corrected chi connectivity index (χ1v) is 6.28. The van der Waals surface area contributed by atoms with Gasteiger partial charge in [-0.3, -0.25) is 4.79 Å². The topological polar surface area (TPSA) is 81.1 Å². The van der Waals surface area contributed by atoms with Crippen molar-refractivity contribution < 1.29 is 4.79 Å². The number of hydrogen-bond donors (Lipinski definition) is 3. The van der Waals surface area contributed by atoms with Crippen molar-refractivity contribution in [3.05, 3.63) is 28.1 Å². The van der Waals surface area contributed by atoms with Crippen LogP contribution in [-0.2, 0) is 0 Å². The number of halogens is 1. The number of anilines is 1. The van der Waals surface area contributed by atoms with E-state index in [-0.39, 0.29) is 5.91 Å². The van der Waals surface area contributed by atoms with Crippen LogP contribution in [0.25, 0.3) is 10.1 Å². The highest BCUT2D eigenvalue weighted by Crippen LogP contribution is 2.34. The van der Waals surface area contributed by atoms with Crippen molar-refractivity contribution in [3.8, 4) is 0 Å². The largest absolute Gasteiger partial charge is 0.397 e. The van der Waals surface area contributed by atoms with Crippen molar-refractivity contribution in [3.63, 3.8) is 0 Å². The fourth-order valence-corrected chi connectivity index (χ4v) is 2.84. The van der Waals surface area contributed by atoms with Crippen molar-refractivity contribution in [2.24, 2.45) is 5.73 Å². The van der Waals surface area contributed by atoms with Gasteiger partial charge in [-0.1, -0.05) is 11.6 Å². The summed E-state index contributed by atoms with van der Waals surface area (Å²) in [6.07, 6.45) is 0. The first kappa shape index (κ1) is 12.2. The Balaban J connectivity index is 2.41. The normalized spacial score (nSPS) is 10.7. The summed E-state index contributed by atoms with van der Waals surface area (Å²) in [5.74, 6) is -0.190. The van der Waals surface area contributed by atoms with Crippen LogP contribution in [0.15, 0.2) is 18.2 Å². The zero-order valence-electron chi connectivity index (χ0n) is 9.00. The molecule has 0 unspecified atom stereocenters. The summed E-state index contributed by atoms with van der Waals surface area (Å²) < 4.78 is 0.910. The van der Waals surface area contributed by atoms with Gasteiger partial charge in [-0.05, 0) is 18.2 Å². The number of nitrogen functional groups attached to an aromatic ring is 1. The van der Waals surface area contributed by atoms with Crippen LogP contribution in [0, 0.1) is 0 Å². The minimum atomic E-state index is -0.190. The molecule has 0 aliphatic carbocycles. The SMILES string of the molecule is NCCNC(=O)c1sc2cc(Cl)ccc2c1N. The van der Waals surface area contributed by atoms with Gasteiger partial charge in [0.25, 0.3) is 5.91 Å². The second kappa shape index (κ2) is 4.91. The number of fused-ring (bicyclic) bond motifs is 1. The van der Waals surface area contributed by atoms with Crippen molar-refractivity contribution in [2.45, 2.75) is 0 Å². The van der Waals surface area contributed by atoms with Gasteiger partial charge in [-0.15, -0.1) is 11.3 Å². The fraction of sp³-hybridized carbons (Fsp3) is 0.182. The van der Waals surface area contributed by atoms with Gasteiger partial charge in [0.1, 0.15) is 4.88 Å². The highest BCUT2D eigenvalue weighted by atomic mass is 35.5. The van der Waals surface area contributed by atoms with E-state index < -0.39 is 0 Å². The number of rotatable bonds is 3. The van der Waals surface area contributed by atoms with Gasteiger partial charge < -0.3 is 16.8 Å². The molecule has 0 aliphatic heterocycles. The second-order valence-electron chi connectivity index (χ2n) is 3.53. The summed E-state index contributed by atoms with van der Waals surface area (Å²) in [5, 5.41) is 4.19. The van der Waals surface area contributed by atoms with E-state index in [2.05, 4.69) is 5.32 Å². The maximum atomic E-state index is 11.8. The number of benzene rings is 1. The molecule has 0 aliphatic rings. The Kier molecular flexibility index (Phi) is 3.51. The van der Waals surface area contributed by atoms with E-state index in [1.807, 2.05) is 6.07 Å². The predicted molar refractivity (Wildman–Crippen MR) is 72.6 cm³/mol. The Morgan fingerprint density at radius 3 is 2.94 bits per heavy atom. The van der Waals surface area contributed by atoms with E-state index in [4.69, 9.17) is 23.1 Å². The van der Waals surface area contributed by atoms with Crippen molar-refractivity contribution in [1.82, 2.24) is 5.32 Å². The molecule has 0 radical (unpaired) electrons. The smallest absolute Gasteiger partial charge is 0.263 e. The minimum Gasteiger partial charge on any atom is -0.397 e. The molecular weight excluding hydrogens is 258 g/mol. The number of nitrogens with one attached hydrogen (secondary N) is 1. The Hall–Kier alpha value is -1.30. The Bertz CT molecular complexity index is 567. The summed E-state index contributed by atoms with van der Waals surface area (Å²) in [6.45, 7) is 0.843. The van der Waals surface area contributed by atoms with Gasteiger partial charge in [0, 0.05) is 28.2 Å². The zero-order chi connectivity index (χ0) is 12.4. The quantitative estimate of drug-likeness (QED) is 0.795. The Labute approximate surface area is 108 Å². The van der Waals surface area contributed by atoms with E-state index >= 15 is 0 Å². The molecule has 1 aromatic heterocycles. The molecular formula is C11H12ClN3OS. The number of nitrogens with two attached hydrogens (primary N) is 2. The molecule has 6 heteroatoms. The molecule has 0 spiro atoms. The molecule has 0 atom stereocenters. The average Bonchev–Trinajstić information content (AvgIpc) is 2.63. The van der Waals surface area contributed by atoms with Crippen LogP contribution in [0.2, 0.25) is 5.02 Å². The second-order valence-corrected chi connectivity index (χ2v) is 5.02. The molecule has 5 N–H and O–H groups in total. The van der Waals surface area contributed by atoms with Crippen LogP contribution in [0.3, 0.4) is 0 Å². The average molecular weight is 270 g/mol. The molecule has 0 fully saturated rings. The lowest BCUT2D eigenvalue weighted by molar-refractivity contribution is 0.0959. The van der Waals surface area contributed by atoms with Gasteiger partial charge >= 0.3 is 0 Å². The minimum absolute atomic E-state index is 0.190. The number of carbonyl (C=O) groups excluding carboxylic acids is 1. The van der Waals surface area contributed by atoms with Gasteiger partial charge in [-0.25, -0.2) is 0 Å².